The molecule has 2 heterocycles. The van der Waals surface area contributed by atoms with Crippen LogP contribution in [0.1, 0.15) is 21.6 Å². The van der Waals surface area contributed by atoms with Gasteiger partial charge in [0, 0.05) is 18.9 Å². The van der Waals surface area contributed by atoms with E-state index >= 15 is 0 Å². The molecule has 0 spiro atoms. The van der Waals surface area contributed by atoms with Crippen LogP contribution in [0.4, 0.5) is 13.2 Å². The van der Waals surface area contributed by atoms with Gasteiger partial charge < -0.3 is 10.1 Å². The smallest absolute Gasteiger partial charge is 0.416 e. The summed E-state index contributed by atoms with van der Waals surface area (Å²) in [5, 5.41) is 2.81. The van der Waals surface area contributed by atoms with Crippen LogP contribution in [0.5, 0.6) is 5.75 Å². The summed E-state index contributed by atoms with van der Waals surface area (Å²) in [6, 6.07) is 12.3. The van der Waals surface area contributed by atoms with Crippen LogP contribution in [0.15, 0.2) is 60.9 Å². The standard InChI is InChI=1S/C21H16F3N3O2S/c1-29-16-4-2-3-13(9-16)10-25-19(28)17-11-27-12-18(30-20(27)26-17)14-5-7-15(8-6-14)21(22,23)24/h2-9,11-12H,10H2,1H3,(H,25,28). The molecule has 30 heavy (non-hydrogen) atoms. The third-order valence-electron chi connectivity index (χ3n) is 4.47. The fourth-order valence-corrected chi connectivity index (χ4v) is 3.89. The number of rotatable bonds is 5. The van der Waals surface area contributed by atoms with Crippen molar-refractivity contribution in [1.29, 1.82) is 0 Å². The molecule has 0 aliphatic rings. The van der Waals surface area contributed by atoms with Crippen LogP contribution in [0, 0.1) is 0 Å². The normalized spacial score (nSPS) is 11.6. The van der Waals surface area contributed by atoms with Gasteiger partial charge in [0.15, 0.2) is 4.96 Å². The Labute approximate surface area is 173 Å². The fraction of sp³-hybridized carbons (Fsp3) is 0.143. The maximum Gasteiger partial charge on any atom is 0.416 e. The van der Waals surface area contributed by atoms with Gasteiger partial charge in [-0.25, -0.2) is 4.98 Å². The number of nitrogens with zero attached hydrogens (tertiary/aromatic N) is 2. The lowest BCUT2D eigenvalue weighted by molar-refractivity contribution is -0.137. The maximum absolute atomic E-state index is 12.7. The highest BCUT2D eigenvalue weighted by Gasteiger charge is 2.30. The van der Waals surface area contributed by atoms with E-state index in [1.807, 2.05) is 24.3 Å². The van der Waals surface area contributed by atoms with Gasteiger partial charge in [-0.1, -0.05) is 35.6 Å². The number of imidazole rings is 1. The van der Waals surface area contributed by atoms with E-state index in [4.69, 9.17) is 4.74 Å². The molecular formula is C21H16F3N3O2S. The lowest BCUT2D eigenvalue weighted by atomic mass is 10.1. The van der Waals surface area contributed by atoms with Crippen LogP contribution in [0.2, 0.25) is 0 Å². The lowest BCUT2D eigenvalue weighted by Crippen LogP contribution is -2.23. The number of methoxy groups -OCH3 is 1. The van der Waals surface area contributed by atoms with Crippen molar-refractivity contribution in [2.75, 3.05) is 7.11 Å². The second-order valence-electron chi connectivity index (χ2n) is 6.52. The predicted octanol–water partition coefficient (Wildman–Crippen LogP) is 5.02. The monoisotopic (exact) mass is 431 g/mol. The van der Waals surface area contributed by atoms with E-state index in [9.17, 15) is 18.0 Å². The zero-order valence-corrected chi connectivity index (χ0v) is 16.6. The number of hydrogen-bond acceptors (Lipinski definition) is 4. The van der Waals surface area contributed by atoms with Crippen LogP contribution in [-0.4, -0.2) is 22.4 Å². The average Bonchev–Trinajstić information content (AvgIpc) is 3.31. The fourth-order valence-electron chi connectivity index (χ4n) is 2.92. The highest BCUT2D eigenvalue weighted by atomic mass is 32.1. The zero-order valence-electron chi connectivity index (χ0n) is 15.7. The van der Waals surface area contributed by atoms with Gasteiger partial charge in [0.25, 0.3) is 5.91 Å². The number of fused-ring (bicyclic) bond motifs is 1. The van der Waals surface area contributed by atoms with Crippen molar-refractivity contribution in [3.8, 4) is 16.2 Å². The van der Waals surface area contributed by atoms with E-state index in [1.54, 1.807) is 23.9 Å². The molecule has 1 N–H and O–H groups in total. The van der Waals surface area contributed by atoms with Crippen LogP contribution in [-0.2, 0) is 12.7 Å². The number of aromatic nitrogens is 2. The maximum atomic E-state index is 12.7. The number of carbonyl (C=O) groups excluding carboxylic acids is 1. The molecule has 0 saturated carbocycles. The van der Waals surface area contributed by atoms with Crippen molar-refractivity contribution in [3.63, 3.8) is 0 Å². The number of nitrogens with one attached hydrogen (secondary N) is 1. The van der Waals surface area contributed by atoms with E-state index in [0.29, 0.717) is 22.8 Å². The molecule has 0 atom stereocenters. The summed E-state index contributed by atoms with van der Waals surface area (Å²) in [6.07, 6.45) is -1.02. The lowest BCUT2D eigenvalue weighted by Gasteiger charge is -2.06. The Kier molecular flexibility index (Phi) is 5.21. The molecule has 0 saturated heterocycles. The quantitative estimate of drug-likeness (QED) is 0.483. The molecule has 4 rings (SSSR count). The number of hydrogen-bond donors (Lipinski definition) is 1. The molecule has 0 fully saturated rings. The van der Waals surface area contributed by atoms with Gasteiger partial charge >= 0.3 is 6.18 Å². The average molecular weight is 431 g/mol. The molecule has 0 unspecified atom stereocenters. The highest BCUT2D eigenvalue weighted by Crippen LogP contribution is 2.33. The summed E-state index contributed by atoms with van der Waals surface area (Å²) in [5.41, 5.74) is 1.13. The number of carbonyl (C=O) groups is 1. The number of alkyl halides is 3. The van der Waals surface area contributed by atoms with Gasteiger partial charge in [-0.3, -0.25) is 9.20 Å². The Balaban J connectivity index is 1.47. The largest absolute Gasteiger partial charge is 0.497 e. The number of thiazole rings is 1. The van der Waals surface area contributed by atoms with Gasteiger partial charge in [-0.2, -0.15) is 13.2 Å². The Morgan fingerprint density at radius 3 is 2.60 bits per heavy atom. The first-order valence-corrected chi connectivity index (χ1v) is 9.72. The summed E-state index contributed by atoms with van der Waals surface area (Å²) >= 11 is 1.30. The molecule has 4 aromatic rings. The van der Waals surface area contributed by atoms with E-state index in [0.717, 1.165) is 22.6 Å². The minimum absolute atomic E-state index is 0.267. The van der Waals surface area contributed by atoms with Gasteiger partial charge in [0.1, 0.15) is 11.4 Å². The van der Waals surface area contributed by atoms with Crippen LogP contribution in [0.3, 0.4) is 0 Å². The van der Waals surface area contributed by atoms with E-state index in [2.05, 4.69) is 10.3 Å². The van der Waals surface area contributed by atoms with E-state index < -0.39 is 11.7 Å². The minimum Gasteiger partial charge on any atom is -0.497 e. The molecule has 0 aliphatic carbocycles. The number of amides is 1. The molecular weight excluding hydrogens is 415 g/mol. The van der Waals surface area contributed by atoms with Gasteiger partial charge in [0.05, 0.1) is 17.6 Å². The third kappa shape index (κ3) is 4.16. The van der Waals surface area contributed by atoms with Crippen molar-refractivity contribution in [3.05, 3.63) is 77.7 Å². The second-order valence-corrected chi connectivity index (χ2v) is 7.53. The van der Waals surface area contributed by atoms with Gasteiger partial charge in [-0.05, 0) is 35.4 Å². The Morgan fingerprint density at radius 1 is 1.17 bits per heavy atom. The van der Waals surface area contributed by atoms with Crippen LogP contribution >= 0.6 is 11.3 Å². The van der Waals surface area contributed by atoms with E-state index in [1.165, 1.54) is 23.5 Å². The highest BCUT2D eigenvalue weighted by molar-refractivity contribution is 7.20. The summed E-state index contributed by atoms with van der Waals surface area (Å²) in [5.74, 6) is 0.393. The third-order valence-corrected chi connectivity index (χ3v) is 5.52. The van der Waals surface area contributed by atoms with Crippen LogP contribution in [0.25, 0.3) is 15.4 Å². The summed E-state index contributed by atoms with van der Waals surface area (Å²) in [6.45, 7) is 0.331. The summed E-state index contributed by atoms with van der Waals surface area (Å²) < 4.78 is 45.0. The van der Waals surface area contributed by atoms with Crippen molar-refractivity contribution in [2.24, 2.45) is 0 Å². The molecule has 9 heteroatoms. The Hall–Kier alpha value is -3.33. The summed E-state index contributed by atoms with van der Waals surface area (Å²) in [4.78, 5) is 18.1. The first-order chi connectivity index (χ1) is 14.3. The second kappa shape index (κ2) is 7.83. The van der Waals surface area contributed by atoms with Crippen molar-refractivity contribution in [2.45, 2.75) is 12.7 Å². The zero-order chi connectivity index (χ0) is 21.3. The number of ether oxygens (including phenoxy) is 1. The SMILES string of the molecule is COc1cccc(CNC(=O)c2cn3cc(-c4ccc(C(F)(F)F)cc4)sc3n2)c1. The molecule has 2 aromatic heterocycles. The molecule has 2 aromatic carbocycles. The van der Waals surface area contributed by atoms with Crippen molar-refractivity contribution in [1.82, 2.24) is 14.7 Å². The first kappa shape index (κ1) is 20.0. The van der Waals surface area contributed by atoms with Crippen molar-refractivity contribution >= 4 is 22.2 Å². The molecule has 1 amide bonds. The topological polar surface area (TPSA) is 55.6 Å². The molecule has 0 bridgehead atoms. The van der Waals surface area contributed by atoms with Crippen LogP contribution < -0.4 is 10.1 Å². The van der Waals surface area contributed by atoms with Gasteiger partial charge in [-0.15, -0.1) is 0 Å². The Bertz CT molecular complexity index is 1160. The molecule has 0 radical (unpaired) electrons. The first-order valence-electron chi connectivity index (χ1n) is 8.91. The number of halogens is 3. The summed E-state index contributed by atoms with van der Waals surface area (Å²) in [7, 11) is 1.58. The predicted molar refractivity (Wildman–Crippen MR) is 108 cm³/mol. The van der Waals surface area contributed by atoms with E-state index in [-0.39, 0.29) is 11.6 Å². The van der Waals surface area contributed by atoms with Crippen molar-refractivity contribution < 1.29 is 22.7 Å². The molecule has 5 nitrogen and oxygen atoms in total. The Morgan fingerprint density at radius 2 is 1.93 bits per heavy atom. The number of benzene rings is 2. The van der Waals surface area contributed by atoms with Gasteiger partial charge in [0.2, 0.25) is 0 Å². The minimum atomic E-state index is -4.37. The molecule has 0 aliphatic heterocycles. The molecule has 154 valence electrons.